The molecule has 0 amide bonds. The van der Waals surface area contributed by atoms with E-state index in [2.05, 4.69) is 23.4 Å². The highest BCUT2D eigenvalue weighted by Crippen LogP contribution is 2.22. The predicted molar refractivity (Wildman–Crippen MR) is 92.8 cm³/mol. The fourth-order valence-corrected chi connectivity index (χ4v) is 2.74. The highest BCUT2D eigenvalue weighted by Gasteiger charge is 2.03. The lowest BCUT2D eigenvalue weighted by atomic mass is 10.1. The van der Waals surface area contributed by atoms with Gasteiger partial charge < -0.3 is 4.84 Å². The van der Waals surface area contributed by atoms with Crippen molar-refractivity contribution in [2.45, 2.75) is 6.61 Å². The average molecular weight is 330 g/mol. The van der Waals surface area contributed by atoms with E-state index in [0.717, 1.165) is 10.9 Å². The molecular formula is C18H13Cl2NO. The molecule has 0 unspecified atom stereocenters. The van der Waals surface area contributed by atoms with Gasteiger partial charge in [-0.3, -0.25) is 0 Å². The molecule has 3 aromatic rings. The Balaban J connectivity index is 1.74. The average Bonchev–Trinajstić information content (AvgIpc) is 2.54. The molecule has 0 heterocycles. The number of nitrogens with zero attached hydrogens (tertiary/aromatic N) is 1. The number of hydrogen-bond donors (Lipinski definition) is 0. The summed E-state index contributed by atoms with van der Waals surface area (Å²) < 4.78 is 0. The van der Waals surface area contributed by atoms with Gasteiger partial charge in [0.1, 0.15) is 6.61 Å². The number of oxime groups is 1. The zero-order valence-electron chi connectivity index (χ0n) is 11.7. The first-order valence-electron chi connectivity index (χ1n) is 6.82. The molecule has 3 rings (SSSR count). The third-order valence-electron chi connectivity index (χ3n) is 3.36. The molecule has 0 atom stereocenters. The highest BCUT2D eigenvalue weighted by atomic mass is 35.5. The lowest BCUT2D eigenvalue weighted by Gasteiger charge is -2.05. The third kappa shape index (κ3) is 3.24. The first-order chi connectivity index (χ1) is 10.8. The van der Waals surface area contributed by atoms with E-state index < -0.39 is 0 Å². The SMILES string of the molecule is Clc1cccc(Cl)c1/C=N/OCc1cccc2ccccc12. The zero-order valence-corrected chi connectivity index (χ0v) is 13.2. The van der Waals surface area contributed by atoms with Gasteiger partial charge in [0.15, 0.2) is 0 Å². The predicted octanol–water partition coefficient (Wildman–Crippen LogP) is 5.70. The van der Waals surface area contributed by atoms with Crippen LogP contribution in [-0.2, 0) is 11.4 Å². The fraction of sp³-hybridized carbons (Fsp3) is 0.0556. The molecule has 0 fully saturated rings. The molecule has 0 aliphatic carbocycles. The van der Waals surface area contributed by atoms with E-state index in [-0.39, 0.29) is 0 Å². The van der Waals surface area contributed by atoms with E-state index in [0.29, 0.717) is 22.2 Å². The van der Waals surface area contributed by atoms with Crippen LogP contribution >= 0.6 is 23.2 Å². The second kappa shape index (κ2) is 6.82. The monoisotopic (exact) mass is 329 g/mol. The van der Waals surface area contributed by atoms with Crippen LogP contribution < -0.4 is 0 Å². The van der Waals surface area contributed by atoms with Crippen LogP contribution in [0.25, 0.3) is 10.8 Å². The van der Waals surface area contributed by atoms with Crippen molar-refractivity contribution >= 4 is 40.2 Å². The Hall–Kier alpha value is -2.03. The van der Waals surface area contributed by atoms with E-state index in [9.17, 15) is 0 Å². The van der Waals surface area contributed by atoms with Crippen molar-refractivity contribution in [2.24, 2.45) is 5.16 Å². The zero-order chi connectivity index (χ0) is 15.4. The Kier molecular flexibility index (Phi) is 4.62. The number of hydrogen-bond acceptors (Lipinski definition) is 2. The summed E-state index contributed by atoms with van der Waals surface area (Å²) in [6.45, 7) is 0.389. The van der Waals surface area contributed by atoms with Crippen LogP contribution in [0.2, 0.25) is 10.0 Å². The molecule has 0 bridgehead atoms. The standard InChI is InChI=1S/C18H13Cl2NO/c19-17-9-4-10-18(20)16(17)11-21-22-12-14-7-3-6-13-5-1-2-8-15(13)14/h1-11H,12H2/b21-11+. The molecule has 0 saturated carbocycles. The number of rotatable bonds is 4. The van der Waals surface area contributed by atoms with Crippen molar-refractivity contribution in [1.82, 2.24) is 0 Å². The Morgan fingerprint density at radius 1 is 0.864 bits per heavy atom. The minimum absolute atomic E-state index is 0.389. The Morgan fingerprint density at radius 3 is 2.36 bits per heavy atom. The molecule has 4 heteroatoms. The normalized spacial score (nSPS) is 11.2. The van der Waals surface area contributed by atoms with Gasteiger partial charge in [0.05, 0.1) is 16.3 Å². The summed E-state index contributed by atoms with van der Waals surface area (Å²) in [4.78, 5) is 5.39. The molecule has 3 aromatic carbocycles. The molecule has 0 aliphatic rings. The van der Waals surface area contributed by atoms with Crippen LogP contribution in [0.15, 0.2) is 65.8 Å². The van der Waals surface area contributed by atoms with Gasteiger partial charge in [-0.1, -0.05) is 76.9 Å². The second-order valence-electron chi connectivity index (χ2n) is 4.78. The van der Waals surface area contributed by atoms with Gasteiger partial charge in [-0.2, -0.15) is 0 Å². The molecule has 0 aliphatic heterocycles. The van der Waals surface area contributed by atoms with E-state index >= 15 is 0 Å². The summed E-state index contributed by atoms with van der Waals surface area (Å²) in [7, 11) is 0. The minimum atomic E-state index is 0.389. The van der Waals surface area contributed by atoms with Gasteiger partial charge in [0, 0.05) is 5.56 Å². The van der Waals surface area contributed by atoms with E-state index in [1.54, 1.807) is 18.2 Å². The van der Waals surface area contributed by atoms with E-state index in [4.69, 9.17) is 28.0 Å². The molecule has 0 spiro atoms. The summed E-state index contributed by atoms with van der Waals surface area (Å²) in [6.07, 6.45) is 1.54. The van der Waals surface area contributed by atoms with Gasteiger partial charge in [0.25, 0.3) is 0 Å². The second-order valence-corrected chi connectivity index (χ2v) is 5.60. The lowest BCUT2D eigenvalue weighted by Crippen LogP contribution is -1.91. The Morgan fingerprint density at radius 2 is 1.55 bits per heavy atom. The summed E-state index contributed by atoms with van der Waals surface area (Å²) >= 11 is 12.1. The first kappa shape index (κ1) is 14.9. The van der Waals surface area contributed by atoms with Crippen molar-refractivity contribution < 1.29 is 4.84 Å². The number of halogens is 2. The molecular weight excluding hydrogens is 317 g/mol. The fourth-order valence-electron chi connectivity index (χ4n) is 2.25. The number of benzene rings is 3. The van der Waals surface area contributed by atoms with Gasteiger partial charge in [-0.05, 0) is 28.5 Å². The highest BCUT2D eigenvalue weighted by molar-refractivity contribution is 6.38. The quantitative estimate of drug-likeness (QED) is 0.444. The van der Waals surface area contributed by atoms with Gasteiger partial charge in [-0.15, -0.1) is 0 Å². The minimum Gasteiger partial charge on any atom is -0.391 e. The van der Waals surface area contributed by atoms with Crippen LogP contribution in [0.3, 0.4) is 0 Å². The molecule has 22 heavy (non-hydrogen) atoms. The Bertz CT molecular complexity index is 805. The van der Waals surface area contributed by atoms with Crippen molar-refractivity contribution in [3.8, 4) is 0 Å². The van der Waals surface area contributed by atoms with Crippen LogP contribution in [0, 0.1) is 0 Å². The van der Waals surface area contributed by atoms with Crippen molar-refractivity contribution in [2.75, 3.05) is 0 Å². The third-order valence-corrected chi connectivity index (χ3v) is 4.02. The van der Waals surface area contributed by atoms with Crippen LogP contribution in [0.4, 0.5) is 0 Å². The number of fused-ring (bicyclic) bond motifs is 1. The maximum absolute atomic E-state index is 6.07. The van der Waals surface area contributed by atoms with Crippen molar-refractivity contribution in [3.05, 3.63) is 81.8 Å². The Labute approximate surface area is 138 Å². The van der Waals surface area contributed by atoms with Crippen molar-refractivity contribution in [3.63, 3.8) is 0 Å². The maximum atomic E-state index is 6.07. The molecule has 0 radical (unpaired) electrons. The lowest BCUT2D eigenvalue weighted by molar-refractivity contribution is 0.133. The van der Waals surface area contributed by atoms with Gasteiger partial charge >= 0.3 is 0 Å². The molecule has 0 N–H and O–H groups in total. The smallest absolute Gasteiger partial charge is 0.142 e. The van der Waals surface area contributed by atoms with Crippen LogP contribution in [0.5, 0.6) is 0 Å². The van der Waals surface area contributed by atoms with E-state index in [1.165, 1.54) is 11.6 Å². The van der Waals surface area contributed by atoms with Gasteiger partial charge in [0.2, 0.25) is 0 Å². The van der Waals surface area contributed by atoms with Crippen LogP contribution in [0.1, 0.15) is 11.1 Å². The molecule has 110 valence electrons. The topological polar surface area (TPSA) is 21.6 Å². The summed E-state index contributed by atoms with van der Waals surface area (Å²) in [6, 6.07) is 19.6. The van der Waals surface area contributed by atoms with E-state index in [1.807, 2.05) is 24.3 Å². The largest absolute Gasteiger partial charge is 0.391 e. The summed E-state index contributed by atoms with van der Waals surface area (Å²) in [5.74, 6) is 0. The molecule has 2 nitrogen and oxygen atoms in total. The summed E-state index contributed by atoms with van der Waals surface area (Å²) in [5.41, 5.74) is 1.74. The van der Waals surface area contributed by atoms with Crippen molar-refractivity contribution in [1.29, 1.82) is 0 Å². The first-order valence-corrected chi connectivity index (χ1v) is 7.57. The van der Waals surface area contributed by atoms with Gasteiger partial charge in [-0.25, -0.2) is 0 Å². The maximum Gasteiger partial charge on any atom is 0.142 e. The molecule has 0 saturated heterocycles. The summed E-state index contributed by atoms with van der Waals surface area (Å²) in [5, 5.41) is 7.41. The van der Waals surface area contributed by atoms with Crippen LogP contribution in [-0.4, -0.2) is 6.21 Å². The molecule has 0 aromatic heterocycles.